The minimum absolute atomic E-state index is 0.0275. The molecule has 38 heavy (non-hydrogen) atoms. The molecule has 0 bridgehead atoms. The first-order valence-electron chi connectivity index (χ1n) is 13.1. The van der Waals surface area contributed by atoms with Crippen LogP contribution in [0.25, 0.3) is 10.9 Å². The van der Waals surface area contributed by atoms with Crippen LogP contribution in [0.15, 0.2) is 41.3 Å². The highest BCUT2D eigenvalue weighted by Gasteiger charge is 2.47. The molecule has 8 nitrogen and oxygen atoms in total. The van der Waals surface area contributed by atoms with Crippen molar-refractivity contribution in [3.05, 3.63) is 53.5 Å². The van der Waals surface area contributed by atoms with Gasteiger partial charge in [-0.25, -0.2) is 12.8 Å². The summed E-state index contributed by atoms with van der Waals surface area (Å²) in [5.74, 6) is -0.702. The number of carboxylic acids is 1. The molecule has 1 aliphatic heterocycles. The van der Waals surface area contributed by atoms with Gasteiger partial charge in [0.15, 0.2) is 0 Å². The number of ether oxygens (including phenoxy) is 1. The van der Waals surface area contributed by atoms with E-state index in [2.05, 4.69) is 5.10 Å². The van der Waals surface area contributed by atoms with Gasteiger partial charge < -0.3 is 9.84 Å². The zero-order chi connectivity index (χ0) is 27.4. The quantitative estimate of drug-likeness (QED) is 0.415. The number of fused-ring (bicyclic) bond motifs is 1. The first-order chi connectivity index (χ1) is 17.9. The Morgan fingerprint density at radius 3 is 2.45 bits per heavy atom. The van der Waals surface area contributed by atoms with Crippen molar-refractivity contribution < 1.29 is 27.4 Å². The van der Waals surface area contributed by atoms with Crippen molar-refractivity contribution in [2.75, 3.05) is 6.54 Å². The van der Waals surface area contributed by atoms with Gasteiger partial charge in [-0.1, -0.05) is 6.42 Å². The first kappa shape index (κ1) is 26.6. The second kappa shape index (κ2) is 9.64. The van der Waals surface area contributed by atoms with Gasteiger partial charge in [-0.3, -0.25) is 9.48 Å². The van der Waals surface area contributed by atoms with Crippen molar-refractivity contribution in [2.24, 2.45) is 0 Å². The molecule has 3 aromatic rings. The number of hydrogen-bond donors (Lipinski definition) is 1. The number of aliphatic carboxylic acids is 1. The fourth-order valence-corrected chi connectivity index (χ4v) is 7.61. The highest BCUT2D eigenvalue weighted by molar-refractivity contribution is 7.89. The van der Waals surface area contributed by atoms with Crippen molar-refractivity contribution in [2.45, 2.75) is 88.3 Å². The Morgan fingerprint density at radius 2 is 1.87 bits per heavy atom. The lowest BCUT2D eigenvalue weighted by Crippen LogP contribution is -2.42. The van der Waals surface area contributed by atoms with E-state index in [0.29, 0.717) is 34.3 Å². The SMILES string of the molecule is CC(C)Oc1ccc(S(=O)(=O)N2C[C@H](n3nc(CC(=O)O)c4ccc(F)c(C5CCC5)c43)CC2(C)C)cc1. The van der Waals surface area contributed by atoms with Gasteiger partial charge in [-0.15, -0.1) is 0 Å². The number of hydrogen-bond acceptors (Lipinski definition) is 5. The zero-order valence-electron chi connectivity index (χ0n) is 22.1. The summed E-state index contributed by atoms with van der Waals surface area (Å²) in [4.78, 5) is 11.8. The minimum atomic E-state index is -3.86. The molecule has 2 fully saturated rings. The molecule has 204 valence electrons. The van der Waals surface area contributed by atoms with Gasteiger partial charge in [0.2, 0.25) is 10.0 Å². The lowest BCUT2D eigenvalue weighted by molar-refractivity contribution is -0.136. The van der Waals surface area contributed by atoms with Gasteiger partial charge in [0.1, 0.15) is 11.6 Å². The molecule has 2 heterocycles. The van der Waals surface area contributed by atoms with Crippen LogP contribution < -0.4 is 4.74 Å². The Kier molecular flexibility index (Phi) is 6.76. The van der Waals surface area contributed by atoms with Crippen molar-refractivity contribution in [1.29, 1.82) is 0 Å². The third-order valence-electron chi connectivity index (χ3n) is 7.68. The Hall–Kier alpha value is -2.98. The van der Waals surface area contributed by atoms with Gasteiger partial charge in [0, 0.05) is 23.0 Å². The van der Waals surface area contributed by atoms with Gasteiger partial charge in [-0.05, 0) is 89.3 Å². The zero-order valence-corrected chi connectivity index (χ0v) is 23.0. The summed E-state index contributed by atoms with van der Waals surface area (Å²) >= 11 is 0. The molecule has 0 amide bonds. The summed E-state index contributed by atoms with van der Waals surface area (Å²) in [6.07, 6.45) is 2.87. The van der Waals surface area contributed by atoms with Crippen molar-refractivity contribution in [3.8, 4) is 5.75 Å². The van der Waals surface area contributed by atoms with Crippen LogP contribution in [-0.4, -0.2) is 51.8 Å². The van der Waals surface area contributed by atoms with E-state index in [9.17, 15) is 18.3 Å². The van der Waals surface area contributed by atoms with Gasteiger partial charge in [0.05, 0.1) is 34.7 Å². The molecule has 1 N–H and O–H groups in total. The monoisotopic (exact) mass is 543 g/mol. The van der Waals surface area contributed by atoms with E-state index in [1.165, 1.54) is 10.4 Å². The molecule has 1 aromatic heterocycles. The Morgan fingerprint density at radius 1 is 1.18 bits per heavy atom. The average Bonchev–Trinajstić information content (AvgIpc) is 3.31. The fraction of sp³-hybridized carbons (Fsp3) is 0.500. The van der Waals surface area contributed by atoms with Gasteiger partial charge >= 0.3 is 5.97 Å². The number of carboxylic acid groups (broad SMARTS) is 1. The average molecular weight is 544 g/mol. The first-order valence-corrected chi connectivity index (χ1v) is 14.5. The van der Waals surface area contributed by atoms with Crippen LogP contribution in [0.3, 0.4) is 0 Å². The van der Waals surface area contributed by atoms with E-state index in [4.69, 9.17) is 4.74 Å². The van der Waals surface area contributed by atoms with E-state index >= 15 is 4.39 Å². The highest BCUT2D eigenvalue weighted by Crippen LogP contribution is 2.45. The Labute approximate surface area is 222 Å². The van der Waals surface area contributed by atoms with Crippen LogP contribution in [0.5, 0.6) is 5.75 Å². The molecule has 1 aliphatic carbocycles. The summed E-state index contributed by atoms with van der Waals surface area (Å²) in [6, 6.07) is 9.03. The molecule has 0 spiro atoms. The van der Waals surface area contributed by atoms with E-state index in [-0.39, 0.29) is 41.7 Å². The fourth-order valence-electron chi connectivity index (χ4n) is 5.78. The van der Waals surface area contributed by atoms with E-state index in [1.54, 1.807) is 35.0 Å². The lowest BCUT2D eigenvalue weighted by Gasteiger charge is -2.30. The second-order valence-corrected chi connectivity index (χ2v) is 13.2. The van der Waals surface area contributed by atoms with Crippen LogP contribution >= 0.6 is 0 Å². The maximum atomic E-state index is 15.2. The van der Waals surface area contributed by atoms with Crippen LogP contribution in [0.2, 0.25) is 0 Å². The molecule has 2 aliphatic rings. The number of aromatic nitrogens is 2. The third kappa shape index (κ3) is 4.68. The molecule has 10 heteroatoms. The maximum absolute atomic E-state index is 15.2. The highest BCUT2D eigenvalue weighted by atomic mass is 32.2. The molecule has 1 saturated heterocycles. The number of benzene rings is 2. The van der Waals surface area contributed by atoms with Gasteiger partial charge in [-0.2, -0.15) is 9.40 Å². The summed E-state index contributed by atoms with van der Waals surface area (Å²) < 4.78 is 51.6. The molecule has 0 unspecified atom stereocenters. The molecule has 1 saturated carbocycles. The number of rotatable bonds is 8. The Balaban J connectivity index is 1.55. The molecule has 1 atom stereocenters. The topological polar surface area (TPSA) is 102 Å². The number of halogens is 1. The molecule has 5 rings (SSSR count). The molecule has 2 aromatic carbocycles. The van der Waals surface area contributed by atoms with E-state index < -0.39 is 21.5 Å². The molecular weight excluding hydrogens is 509 g/mol. The smallest absolute Gasteiger partial charge is 0.309 e. The maximum Gasteiger partial charge on any atom is 0.309 e. The van der Waals surface area contributed by atoms with Crippen LogP contribution in [-0.2, 0) is 21.2 Å². The summed E-state index contributed by atoms with van der Waals surface area (Å²) in [7, 11) is -3.86. The molecule has 0 radical (unpaired) electrons. The predicted molar refractivity (Wildman–Crippen MR) is 141 cm³/mol. The standard InChI is InChI=1S/C28H34FN3O5S/c1-17(2)37-20-8-10-21(11-9-20)38(35,36)31-16-19(15-28(31,3)4)32-27-22(24(30-32)14-25(33)34)12-13-23(29)26(27)18-6-5-7-18/h8-13,17-19H,5-7,14-16H2,1-4H3,(H,33,34)/t19-/m1/s1. The van der Waals surface area contributed by atoms with Crippen molar-refractivity contribution in [3.63, 3.8) is 0 Å². The largest absolute Gasteiger partial charge is 0.491 e. The normalized spacial score (nSPS) is 20.2. The van der Waals surface area contributed by atoms with Crippen LogP contribution in [0, 0.1) is 5.82 Å². The van der Waals surface area contributed by atoms with Crippen LogP contribution in [0.1, 0.15) is 76.6 Å². The number of carbonyl (C=O) groups is 1. The number of nitrogens with zero attached hydrogens (tertiary/aromatic N) is 3. The van der Waals surface area contributed by atoms with Crippen molar-refractivity contribution >= 4 is 26.9 Å². The van der Waals surface area contributed by atoms with Crippen molar-refractivity contribution in [1.82, 2.24) is 14.1 Å². The summed E-state index contributed by atoms with van der Waals surface area (Å²) in [5, 5.41) is 14.8. The predicted octanol–water partition coefficient (Wildman–Crippen LogP) is 5.27. The van der Waals surface area contributed by atoms with Crippen LogP contribution in [0.4, 0.5) is 4.39 Å². The van der Waals surface area contributed by atoms with Gasteiger partial charge in [0.25, 0.3) is 0 Å². The second-order valence-electron chi connectivity index (χ2n) is 11.3. The Bertz CT molecular complexity index is 1480. The minimum Gasteiger partial charge on any atom is -0.491 e. The third-order valence-corrected chi connectivity index (χ3v) is 9.77. The van der Waals surface area contributed by atoms with E-state index in [0.717, 1.165) is 19.3 Å². The number of sulfonamides is 1. The van der Waals surface area contributed by atoms with E-state index in [1.807, 2.05) is 27.7 Å². The summed E-state index contributed by atoms with van der Waals surface area (Å²) in [5.41, 5.74) is 0.790. The summed E-state index contributed by atoms with van der Waals surface area (Å²) in [6.45, 7) is 7.70. The molecular formula is C28H34FN3O5S. The lowest BCUT2D eigenvalue weighted by atomic mass is 9.79.